The van der Waals surface area contributed by atoms with Gasteiger partial charge >= 0.3 is 18.3 Å². The first-order chi connectivity index (χ1) is 19.1. The molecule has 1 aliphatic heterocycles. The summed E-state index contributed by atoms with van der Waals surface area (Å²) in [6.45, 7) is 3.40. The van der Waals surface area contributed by atoms with E-state index in [1.54, 1.807) is 17.5 Å². The molecule has 1 fully saturated rings. The van der Waals surface area contributed by atoms with E-state index in [2.05, 4.69) is 39.4 Å². The Bertz CT molecular complexity index is 1320. The van der Waals surface area contributed by atoms with Gasteiger partial charge in [0.1, 0.15) is 0 Å². The Kier molecular flexibility index (Phi) is 10.4. The zero-order valence-electron chi connectivity index (χ0n) is 22.2. The number of alkyl halides is 6. The minimum Gasteiger partial charge on any atom is -0.475 e. The van der Waals surface area contributed by atoms with E-state index in [1.807, 2.05) is 14.1 Å². The lowest BCUT2D eigenvalue weighted by Crippen LogP contribution is -2.30. The van der Waals surface area contributed by atoms with Gasteiger partial charge in [-0.25, -0.2) is 4.79 Å². The zero-order valence-corrected chi connectivity index (χ0v) is 23.0. The van der Waals surface area contributed by atoms with Crippen LogP contribution in [-0.2, 0) is 17.5 Å². The molecule has 2 N–H and O–H groups in total. The summed E-state index contributed by atoms with van der Waals surface area (Å²) in [5.41, 5.74) is 2.83. The van der Waals surface area contributed by atoms with E-state index < -0.39 is 23.9 Å². The molecule has 3 aromatic rings. The van der Waals surface area contributed by atoms with Crippen molar-refractivity contribution in [1.82, 2.24) is 10.2 Å². The Balaban J connectivity index is 0.000000587. The van der Waals surface area contributed by atoms with Crippen LogP contribution in [0.1, 0.15) is 27.2 Å². The minimum absolute atomic E-state index is 0.180. The number of nitrogens with zero attached hydrogens (tertiary/aromatic N) is 2. The van der Waals surface area contributed by atoms with Crippen LogP contribution in [0.15, 0.2) is 60.0 Å². The van der Waals surface area contributed by atoms with Gasteiger partial charge in [0.05, 0.1) is 10.4 Å². The van der Waals surface area contributed by atoms with Crippen molar-refractivity contribution in [3.05, 3.63) is 76.0 Å². The van der Waals surface area contributed by atoms with Crippen LogP contribution in [0.3, 0.4) is 0 Å². The lowest BCUT2D eigenvalue weighted by atomic mass is 10.1. The van der Waals surface area contributed by atoms with Crippen molar-refractivity contribution in [3.63, 3.8) is 0 Å². The van der Waals surface area contributed by atoms with Crippen molar-refractivity contribution in [2.24, 2.45) is 5.92 Å². The summed E-state index contributed by atoms with van der Waals surface area (Å²) in [7, 11) is 4.05. The third kappa shape index (κ3) is 9.49. The third-order valence-corrected chi connectivity index (χ3v) is 7.30. The van der Waals surface area contributed by atoms with Gasteiger partial charge in [-0.15, -0.1) is 11.3 Å². The predicted octanol–water partition coefficient (Wildman–Crippen LogP) is 6.39. The number of benzene rings is 2. The fourth-order valence-corrected chi connectivity index (χ4v) is 5.02. The van der Waals surface area contributed by atoms with Gasteiger partial charge < -0.3 is 15.3 Å². The number of halogens is 6. The molecular formula is C28H29F6N3O3S. The molecule has 1 aliphatic rings. The van der Waals surface area contributed by atoms with Crippen molar-refractivity contribution in [2.75, 3.05) is 38.6 Å². The minimum atomic E-state index is -5.08. The molecule has 0 spiro atoms. The molecule has 0 radical (unpaired) electrons. The predicted molar refractivity (Wildman–Crippen MR) is 145 cm³/mol. The highest BCUT2D eigenvalue weighted by Gasteiger charge is 2.38. The van der Waals surface area contributed by atoms with E-state index in [-0.39, 0.29) is 5.91 Å². The van der Waals surface area contributed by atoms with Crippen LogP contribution >= 0.6 is 11.3 Å². The maximum atomic E-state index is 13.0. The summed E-state index contributed by atoms with van der Waals surface area (Å²) in [5, 5.41) is 11.9. The molecule has 222 valence electrons. The average molecular weight is 602 g/mol. The van der Waals surface area contributed by atoms with Crippen LogP contribution in [0.2, 0.25) is 0 Å². The number of rotatable bonds is 7. The molecule has 2 aromatic carbocycles. The number of hydrogen-bond donors (Lipinski definition) is 2. The fraction of sp³-hybridized carbons (Fsp3) is 0.357. The Labute approximate surface area is 237 Å². The number of amides is 1. The molecule has 1 atom stereocenters. The standard InChI is InChI=1S/C26H28F3N3OS.C2HF3O2/c1-31(2)23-8-6-18(7-9-23)15-32-11-10-19(16-32)14-30-25(33)24-13-21(17-34-24)20-4-3-5-22(12-20)26(27,28)29;3-2(4,5)1(6)7/h3-9,12-13,17,19H,10-11,14-16H2,1-2H3,(H,30,33);(H,6,7). The molecule has 41 heavy (non-hydrogen) atoms. The number of carbonyl (C=O) groups is 2. The second kappa shape index (κ2) is 13.4. The second-order valence-corrected chi connectivity index (χ2v) is 10.7. The number of carboxylic acids is 1. The van der Waals surface area contributed by atoms with Gasteiger partial charge in [-0.2, -0.15) is 26.3 Å². The van der Waals surface area contributed by atoms with Crippen molar-refractivity contribution < 1.29 is 41.0 Å². The van der Waals surface area contributed by atoms with Crippen LogP contribution in [-0.4, -0.2) is 61.8 Å². The first-order valence-corrected chi connectivity index (χ1v) is 13.3. The summed E-state index contributed by atoms with van der Waals surface area (Å²) in [6, 6.07) is 15.4. The maximum absolute atomic E-state index is 13.0. The highest BCUT2D eigenvalue weighted by Crippen LogP contribution is 2.33. The number of carbonyl (C=O) groups excluding carboxylic acids is 1. The number of thiophene rings is 1. The summed E-state index contributed by atoms with van der Waals surface area (Å²) in [4.78, 5) is 26.5. The van der Waals surface area contributed by atoms with Crippen molar-refractivity contribution in [1.29, 1.82) is 0 Å². The monoisotopic (exact) mass is 601 g/mol. The van der Waals surface area contributed by atoms with Gasteiger partial charge in [-0.1, -0.05) is 24.3 Å². The molecule has 0 saturated carbocycles. The van der Waals surface area contributed by atoms with E-state index in [9.17, 15) is 31.1 Å². The topological polar surface area (TPSA) is 72.9 Å². The molecule has 1 amide bonds. The van der Waals surface area contributed by atoms with Gasteiger partial charge in [0.2, 0.25) is 0 Å². The molecule has 1 saturated heterocycles. The molecule has 1 aromatic heterocycles. The van der Waals surface area contributed by atoms with Gasteiger partial charge in [0, 0.05) is 39.4 Å². The van der Waals surface area contributed by atoms with Crippen LogP contribution in [0, 0.1) is 5.92 Å². The van der Waals surface area contributed by atoms with E-state index >= 15 is 0 Å². The van der Waals surface area contributed by atoms with Gasteiger partial charge in [-0.3, -0.25) is 9.69 Å². The van der Waals surface area contributed by atoms with Crippen LogP contribution < -0.4 is 10.2 Å². The fourth-order valence-electron chi connectivity index (χ4n) is 4.19. The molecule has 13 heteroatoms. The molecule has 1 unspecified atom stereocenters. The van der Waals surface area contributed by atoms with Crippen molar-refractivity contribution in [2.45, 2.75) is 25.3 Å². The van der Waals surface area contributed by atoms with E-state index in [1.165, 1.54) is 28.7 Å². The highest BCUT2D eigenvalue weighted by molar-refractivity contribution is 7.12. The summed E-state index contributed by atoms with van der Waals surface area (Å²) in [6.07, 6.45) is -8.45. The van der Waals surface area contributed by atoms with Crippen molar-refractivity contribution >= 4 is 28.9 Å². The largest absolute Gasteiger partial charge is 0.490 e. The Morgan fingerprint density at radius 3 is 2.27 bits per heavy atom. The lowest BCUT2D eigenvalue weighted by molar-refractivity contribution is -0.192. The number of nitrogens with one attached hydrogen (secondary N) is 1. The second-order valence-electron chi connectivity index (χ2n) is 9.74. The average Bonchev–Trinajstić information content (AvgIpc) is 3.57. The summed E-state index contributed by atoms with van der Waals surface area (Å²) >= 11 is 1.25. The first-order valence-electron chi connectivity index (χ1n) is 12.5. The highest BCUT2D eigenvalue weighted by atomic mass is 32.1. The van der Waals surface area contributed by atoms with E-state index in [0.29, 0.717) is 28.5 Å². The molecular weight excluding hydrogens is 572 g/mol. The zero-order chi connectivity index (χ0) is 30.4. The van der Waals surface area contributed by atoms with Gasteiger partial charge in [0.25, 0.3) is 5.91 Å². The smallest absolute Gasteiger partial charge is 0.475 e. The number of likely N-dealkylation sites (tertiary alicyclic amines) is 1. The first kappa shape index (κ1) is 31.9. The number of anilines is 1. The Morgan fingerprint density at radius 2 is 1.68 bits per heavy atom. The summed E-state index contributed by atoms with van der Waals surface area (Å²) < 4.78 is 70.7. The third-order valence-electron chi connectivity index (χ3n) is 6.37. The number of hydrogen-bond acceptors (Lipinski definition) is 5. The number of carboxylic acid groups (broad SMARTS) is 1. The normalized spacial score (nSPS) is 15.7. The molecule has 4 rings (SSSR count). The Hall–Kier alpha value is -3.58. The molecule has 2 heterocycles. The Morgan fingerprint density at radius 1 is 1.02 bits per heavy atom. The van der Waals surface area contributed by atoms with Crippen LogP contribution in [0.25, 0.3) is 11.1 Å². The number of aliphatic carboxylic acids is 1. The molecule has 0 aliphatic carbocycles. The van der Waals surface area contributed by atoms with Crippen LogP contribution in [0.5, 0.6) is 0 Å². The lowest BCUT2D eigenvalue weighted by Gasteiger charge is -2.18. The maximum Gasteiger partial charge on any atom is 0.490 e. The van der Waals surface area contributed by atoms with E-state index in [4.69, 9.17) is 9.90 Å². The van der Waals surface area contributed by atoms with Gasteiger partial charge in [0.15, 0.2) is 0 Å². The van der Waals surface area contributed by atoms with Crippen LogP contribution in [0.4, 0.5) is 32.0 Å². The quantitative estimate of drug-likeness (QED) is 0.308. The molecule has 0 bridgehead atoms. The summed E-state index contributed by atoms with van der Waals surface area (Å²) in [5.74, 6) is -2.55. The molecule has 6 nitrogen and oxygen atoms in total. The van der Waals surface area contributed by atoms with E-state index in [0.717, 1.165) is 38.2 Å². The van der Waals surface area contributed by atoms with Gasteiger partial charge in [-0.05, 0) is 71.3 Å². The SMILES string of the molecule is CN(C)c1ccc(CN2CCC(CNC(=O)c3cc(-c4cccc(C(F)(F)F)c4)cs3)C2)cc1.O=C(O)C(F)(F)F. The van der Waals surface area contributed by atoms with Crippen molar-refractivity contribution in [3.8, 4) is 11.1 Å².